The second kappa shape index (κ2) is 6.29. The lowest BCUT2D eigenvalue weighted by molar-refractivity contribution is 0.0970. The molecule has 0 amide bonds. The fourth-order valence-electron chi connectivity index (χ4n) is 2.13. The molecule has 0 saturated heterocycles. The van der Waals surface area contributed by atoms with Crippen LogP contribution in [0.2, 0.25) is 0 Å². The second-order valence-corrected chi connectivity index (χ2v) is 6.93. The number of fused-ring (bicyclic) bond motifs is 1. The van der Waals surface area contributed by atoms with E-state index < -0.39 is 0 Å². The van der Waals surface area contributed by atoms with Gasteiger partial charge >= 0.3 is 0 Å². The number of benzene rings is 2. The van der Waals surface area contributed by atoms with Gasteiger partial charge in [-0.25, -0.2) is 4.98 Å². The summed E-state index contributed by atoms with van der Waals surface area (Å²) in [4.78, 5) is 29.0. The van der Waals surface area contributed by atoms with Crippen LogP contribution in [0, 0.1) is 3.57 Å². The molecule has 6 heteroatoms. The summed E-state index contributed by atoms with van der Waals surface area (Å²) < 4.78 is 3.21. The summed E-state index contributed by atoms with van der Waals surface area (Å²) in [6, 6.07) is 12.6. The van der Waals surface area contributed by atoms with Gasteiger partial charge in [-0.3, -0.25) is 14.2 Å². The van der Waals surface area contributed by atoms with E-state index in [1.165, 1.54) is 10.9 Å². The molecule has 0 atom stereocenters. The van der Waals surface area contributed by atoms with E-state index in [1.54, 1.807) is 24.3 Å². The highest BCUT2D eigenvalue weighted by atomic mass is 127. The summed E-state index contributed by atoms with van der Waals surface area (Å²) in [5, 5.41) is 0.493. The molecule has 22 heavy (non-hydrogen) atoms. The van der Waals surface area contributed by atoms with Crippen LogP contribution in [-0.4, -0.2) is 15.3 Å². The van der Waals surface area contributed by atoms with Gasteiger partial charge in [-0.15, -0.1) is 0 Å². The Morgan fingerprint density at radius 2 is 1.91 bits per heavy atom. The van der Waals surface area contributed by atoms with Gasteiger partial charge in [0.05, 0.1) is 23.8 Å². The number of carbonyl (C=O) groups excluding carboxylic acids is 1. The minimum atomic E-state index is -0.217. The first kappa shape index (κ1) is 15.4. The number of ketones is 1. The highest BCUT2D eigenvalue weighted by Gasteiger charge is 2.10. The highest BCUT2D eigenvalue weighted by molar-refractivity contribution is 14.1. The topological polar surface area (TPSA) is 52.0 Å². The first-order valence-electron chi connectivity index (χ1n) is 6.48. The molecule has 4 nitrogen and oxygen atoms in total. The smallest absolute Gasteiger partial charge is 0.261 e. The van der Waals surface area contributed by atoms with Crippen LogP contribution in [-0.2, 0) is 6.54 Å². The number of rotatable bonds is 3. The molecule has 0 radical (unpaired) electrons. The summed E-state index contributed by atoms with van der Waals surface area (Å²) in [6.07, 6.45) is 1.42. The van der Waals surface area contributed by atoms with Gasteiger partial charge in [0, 0.05) is 13.6 Å². The first-order valence-corrected chi connectivity index (χ1v) is 8.35. The van der Waals surface area contributed by atoms with Crippen LogP contribution in [0.1, 0.15) is 10.4 Å². The Morgan fingerprint density at radius 1 is 1.18 bits per heavy atom. The molecule has 0 aliphatic heterocycles. The normalized spacial score (nSPS) is 10.8. The Morgan fingerprint density at radius 3 is 2.64 bits per heavy atom. The van der Waals surface area contributed by atoms with E-state index in [0.717, 1.165) is 8.04 Å². The predicted octanol–water partition coefficient (Wildman–Crippen LogP) is 3.65. The highest BCUT2D eigenvalue weighted by Crippen LogP contribution is 2.15. The van der Waals surface area contributed by atoms with Gasteiger partial charge < -0.3 is 0 Å². The van der Waals surface area contributed by atoms with Gasteiger partial charge in [-0.05, 0) is 52.9 Å². The lowest BCUT2D eigenvalue weighted by Crippen LogP contribution is -2.24. The molecule has 0 aliphatic rings. The average Bonchev–Trinajstić information content (AvgIpc) is 2.51. The molecule has 0 saturated carbocycles. The van der Waals surface area contributed by atoms with Crippen LogP contribution in [0.15, 0.2) is 58.1 Å². The summed E-state index contributed by atoms with van der Waals surface area (Å²) in [5.74, 6) is -0.116. The summed E-state index contributed by atoms with van der Waals surface area (Å²) in [5.41, 5.74) is 0.984. The number of halogens is 2. The number of aromatic nitrogens is 2. The zero-order valence-corrected chi connectivity index (χ0v) is 15.0. The second-order valence-electron chi connectivity index (χ2n) is 4.77. The minimum Gasteiger partial charge on any atom is -0.292 e. The number of hydrogen-bond acceptors (Lipinski definition) is 3. The van der Waals surface area contributed by atoms with E-state index in [-0.39, 0.29) is 17.9 Å². The van der Waals surface area contributed by atoms with Crippen molar-refractivity contribution in [1.29, 1.82) is 0 Å². The van der Waals surface area contributed by atoms with Crippen molar-refractivity contribution in [3.63, 3.8) is 0 Å². The molecule has 1 aromatic heterocycles. The van der Waals surface area contributed by atoms with Crippen molar-refractivity contribution in [2.24, 2.45) is 0 Å². The van der Waals surface area contributed by atoms with Gasteiger partial charge in [0.25, 0.3) is 5.56 Å². The van der Waals surface area contributed by atoms with Crippen molar-refractivity contribution in [2.75, 3.05) is 0 Å². The number of Topliss-reactive ketones (excluding diaryl/α,β-unsaturated/α-hetero) is 1. The molecule has 110 valence electrons. The molecule has 3 rings (SSSR count). The Labute approximate surface area is 148 Å². The van der Waals surface area contributed by atoms with E-state index in [1.807, 2.05) is 18.2 Å². The third-order valence-corrected chi connectivity index (χ3v) is 4.48. The van der Waals surface area contributed by atoms with Gasteiger partial charge in [-0.1, -0.05) is 28.1 Å². The lowest BCUT2D eigenvalue weighted by atomic mass is 10.1. The first-order chi connectivity index (χ1) is 10.5. The van der Waals surface area contributed by atoms with E-state index in [0.29, 0.717) is 16.5 Å². The maximum atomic E-state index is 12.5. The van der Waals surface area contributed by atoms with E-state index >= 15 is 0 Å². The largest absolute Gasteiger partial charge is 0.292 e. The van der Waals surface area contributed by atoms with Crippen LogP contribution < -0.4 is 5.56 Å². The SMILES string of the molecule is O=C(Cn1cnc2ccc(Br)cc2c1=O)c1ccc(I)cc1. The molecule has 0 fully saturated rings. The van der Waals surface area contributed by atoms with Gasteiger partial charge in [0.1, 0.15) is 0 Å². The standard InChI is InChI=1S/C16H10BrIN2O2/c17-11-3-6-14-13(7-11)16(22)20(9-19-14)8-15(21)10-1-4-12(18)5-2-10/h1-7,9H,8H2. The van der Waals surface area contributed by atoms with Crippen LogP contribution in [0.4, 0.5) is 0 Å². The fourth-order valence-corrected chi connectivity index (χ4v) is 2.85. The maximum absolute atomic E-state index is 12.5. The Kier molecular flexibility index (Phi) is 4.39. The molecule has 3 aromatic rings. The monoisotopic (exact) mass is 468 g/mol. The van der Waals surface area contributed by atoms with Crippen molar-refractivity contribution in [1.82, 2.24) is 9.55 Å². The fraction of sp³-hybridized carbons (Fsp3) is 0.0625. The van der Waals surface area contributed by atoms with Crippen molar-refractivity contribution in [3.05, 3.63) is 72.8 Å². The minimum absolute atomic E-state index is 0.0190. The van der Waals surface area contributed by atoms with Crippen molar-refractivity contribution in [2.45, 2.75) is 6.54 Å². The van der Waals surface area contributed by atoms with Crippen LogP contribution in [0.5, 0.6) is 0 Å². The van der Waals surface area contributed by atoms with Crippen molar-refractivity contribution in [3.8, 4) is 0 Å². The van der Waals surface area contributed by atoms with E-state index in [9.17, 15) is 9.59 Å². The Hall–Kier alpha value is -1.54. The van der Waals surface area contributed by atoms with Gasteiger partial charge in [0.2, 0.25) is 0 Å². The third kappa shape index (κ3) is 3.12. The van der Waals surface area contributed by atoms with E-state index in [2.05, 4.69) is 43.5 Å². The summed E-state index contributed by atoms with van der Waals surface area (Å²) in [7, 11) is 0. The third-order valence-electron chi connectivity index (χ3n) is 3.27. The number of nitrogens with zero attached hydrogens (tertiary/aromatic N) is 2. The average molecular weight is 469 g/mol. The van der Waals surface area contributed by atoms with Crippen molar-refractivity contribution >= 4 is 55.2 Å². The van der Waals surface area contributed by atoms with Crippen molar-refractivity contribution < 1.29 is 4.79 Å². The van der Waals surface area contributed by atoms with Crippen LogP contribution >= 0.6 is 38.5 Å². The molecular weight excluding hydrogens is 459 g/mol. The van der Waals surface area contributed by atoms with Gasteiger partial charge in [0.15, 0.2) is 5.78 Å². The van der Waals surface area contributed by atoms with Crippen LogP contribution in [0.25, 0.3) is 10.9 Å². The molecule has 0 unspecified atom stereocenters. The predicted molar refractivity (Wildman–Crippen MR) is 97.2 cm³/mol. The maximum Gasteiger partial charge on any atom is 0.261 e. The summed E-state index contributed by atoms with van der Waals surface area (Å²) >= 11 is 5.52. The molecule has 0 aliphatic carbocycles. The molecule has 0 N–H and O–H groups in total. The quantitative estimate of drug-likeness (QED) is 0.435. The zero-order chi connectivity index (χ0) is 15.7. The van der Waals surface area contributed by atoms with Crippen LogP contribution in [0.3, 0.4) is 0 Å². The molecule has 0 spiro atoms. The molecule has 0 bridgehead atoms. The Balaban J connectivity index is 1.97. The molecule has 1 heterocycles. The zero-order valence-electron chi connectivity index (χ0n) is 11.3. The lowest BCUT2D eigenvalue weighted by Gasteiger charge is -2.06. The number of hydrogen-bond donors (Lipinski definition) is 0. The van der Waals surface area contributed by atoms with Gasteiger partial charge in [-0.2, -0.15) is 0 Å². The Bertz CT molecular complexity index is 920. The summed E-state index contributed by atoms with van der Waals surface area (Å²) in [6.45, 7) is -0.0190. The van der Waals surface area contributed by atoms with E-state index in [4.69, 9.17) is 0 Å². The number of carbonyl (C=O) groups is 1. The molecular formula is C16H10BrIN2O2. The molecule has 2 aromatic carbocycles.